The summed E-state index contributed by atoms with van der Waals surface area (Å²) < 4.78 is 6.31. The highest BCUT2D eigenvalue weighted by Gasteiger charge is 2.46. The summed E-state index contributed by atoms with van der Waals surface area (Å²) in [6, 6.07) is 21.0. The molecule has 4 rings (SSSR count). The van der Waals surface area contributed by atoms with Crippen molar-refractivity contribution in [3.05, 3.63) is 84.6 Å². The van der Waals surface area contributed by atoms with Gasteiger partial charge in [-0.2, -0.15) is 0 Å². The van der Waals surface area contributed by atoms with Crippen molar-refractivity contribution in [1.82, 2.24) is 5.32 Å². The van der Waals surface area contributed by atoms with Crippen molar-refractivity contribution in [3.8, 4) is 0 Å². The van der Waals surface area contributed by atoms with Crippen LogP contribution in [0.5, 0.6) is 0 Å². The molecule has 2 aromatic carbocycles. The third-order valence-electron chi connectivity index (χ3n) is 5.13. The Morgan fingerprint density at radius 2 is 1.92 bits per heavy atom. The number of allylic oxidation sites excluding steroid dienone is 1. The molecule has 2 heteroatoms. The SMILES string of the molecule is C=CCC1CCC[N]C1(c1ccccc1)c1cc2ccccc2o1. The molecule has 121 valence electrons. The summed E-state index contributed by atoms with van der Waals surface area (Å²) in [5, 5.41) is 6.29. The van der Waals surface area contributed by atoms with Gasteiger partial charge in [0.2, 0.25) is 0 Å². The first kappa shape index (κ1) is 15.2. The fraction of sp³-hybridized carbons (Fsp3) is 0.273. The fourth-order valence-corrected chi connectivity index (χ4v) is 4.03. The molecule has 0 spiro atoms. The average Bonchev–Trinajstić information content (AvgIpc) is 3.08. The summed E-state index contributed by atoms with van der Waals surface area (Å²) in [5.41, 5.74) is 1.74. The van der Waals surface area contributed by atoms with Crippen LogP contribution in [0.1, 0.15) is 30.6 Å². The molecule has 1 aliphatic heterocycles. The molecule has 2 nitrogen and oxygen atoms in total. The van der Waals surface area contributed by atoms with Gasteiger partial charge in [0, 0.05) is 11.9 Å². The Hall–Kier alpha value is -2.32. The maximum absolute atomic E-state index is 6.31. The number of rotatable bonds is 4. The van der Waals surface area contributed by atoms with E-state index in [-0.39, 0.29) is 0 Å². The molecule has 0 aliphatic carbocycles. The molecule has 0 N–H and O–H groups in total. The van der Waals surface area contributed by atoms with E-state index in [0.29, 0.717) is 5.92 Å². The Morgan fingerprint density at radius 3 is 2.71 bits per heavy atom. The monoisotopic (exact) mass is 316 g/mol. The number of furan rings is 1. The molecular weight excluding hydrogens is 294 g/mol. The van der Waals surface area contributed by atoms with Crippen LogP contribution >= 0.6 is 0 Å². The van der Waals surface area contributed by atoms with Crippen molar-refractivity contribution >= 4 is 11.0 Å². The number of hydrogen-bond acceptors (Lipinski definition) is 1. The van der Waals surface area contributed by atoms with E-state index in [2.05, 4.69) is 55.1 Å². The van der Waals surface area contributed by atoms with Gasteiger partial charge in [0.1, 0.15) is 16.9 Å². The molecule has 2 atom stereocenters. The molecule has 24 heavy (non-hydrogen) atoms. The highest BCUT2D eigenvalue weighted by Crippen LogP contribution is 2.45. The second kappa shape index (κ2) is 6.29. The third kappa shape index (κ3) is 2.38. The van der Waals surface area contributed by atoms with Gasteiger partial charge in [-0.15, -0.1) is 6.58 Å². The van der Waals surface area contributed by atoms with E-state index in [4.69, 9.17) is 9.73 Å². The lowest BCUT2D eigenvalue weighted by Gasteiger charge is -2.42. The maximum atomic E-state index is 6.31. The topological polar surface area (TPSA) is 27.2 Å². The van der Waals surface area contributed by atoms with Crippen LogP contribution in [0, 0.1) is 5.92 Å². The van der Waals surface area contributed by atoms with E-state index in [9.17, 15) is 0 Å². The number of benzene rings is 2. The van der Waals surface area contributed by atoms with Gasteiger partial charge < -0.3 is 4.42 Å². The first-order chi connectivity index (χ1) is 11.8. The Morgan fingerprint density at radius 1 is 1.12 bits per heavy atom. The van der Waals surface area contributed by atoms with Crippen LogP contribution in [-0.2, 0) is 5.54 Å². The zero-order valence-corrected chi connectivity index (χ0v) is 13.8. The summed E-state index contributed by atoms with van der Waals surface area (Å²) in [4.78, 5) is 0. The van der Waals surface area contributed by atoms with Crippen LogP contribution in [0.3, 0.4) is 0 Å². The highest BCUT2D eigenvalue weighted by molar-refractivity contribution is 5.78. The second-order valence-corrected chi connectivity index (χ2v) is 6.53. The Bertz CT molecular complexity index is 802. The zero-order valence-electron chi connectivity index (χ0n) is 13.8. The first-order valence-electron chi connectivity index (χ1n) is 8.69. The number of nitrogens with zero attached hydrogens (tertiary/aromatic N) is 1. The zero-order chi connectivity index (χ0) is 16.4. The van der Waals surface area contributed by atoms with E-state index in [0.717, 1.165) is 42.5 Å². The quantitative estimate of drug-likeness (QED) is 0.603. The predicted molar refractivity (Wildman–Crippen MR) is 98.0 cm³/mol. The number of fused-ring (bicyclic) bond motifs is 1. The summed E-state index contributed by atoms with van der Waals surface area (Å²) in [7, 11) is 0. The van der Waals surface area contributed by atoms with Gasteiger partial charge in [0.15, 0.2) is 0 Å². The van der Waals surface area contributed by atoms with Crippen LogP contribution < -0.4 is 5.32 Å². The molecular formula is C22H22NO. The van der Waals surface area contributed by atoms with Crippen molar-refractivity contribution in [2.45, 2.75) is 24.8 Å². The van der Waals surface area contributed by atoms with Gasteiger partial charge >= 0.3 is 0 Å². The molecule has 1 fully saturated rings. The van der Waals surface area contributed by atoms with Crippen molar-refractivity contribution in [2.75, 3.05) is 6.54 Å². The average molecular weight is 316 g/mol. The van der Waals surface area contributed by atoms with Gasteiger partial charge in [-0.1, -0.05) is 54.6 Å². The van der Waals surface area contributed by atoms with E-state index in [1.165, 1.54) is 5.56 Å². The molecule has 1 aliphatic rings. The first-order valence-corrected chi connectivity index (χ1v) is 8.69. The summed E-state index contributed by atoms with van der Waals surface area (Å²) in [6.07, 6.45) is 5.23. The molecule has 0 bridgehead atoms. The molecule has 2 unspecified atom stereocenters. The molecule has 1 aromatic heterocycles. The Labute approximate surface area is 143 Å². The molecule has 0 saturated carbocycles. The van der Waals surface area contributed by atoms with E-state index < -0.39 is 5.54 Å². The molecule has 0 amide bonds. The third-order valence-corrected chi connectivity index (χ3v) is 5.13. The van der Waals surface area contributed by atoms with Crippen LogP contribution in [0.15, 0.2) is 77.7 Å². The van der Waals surface area contributed by atoms with E-state index in [1.54, 1.807) is 0 Å². The maximum Gasteiger partial charge on any atom is 0.134 e. The minimum Gasteiger partial charge on any atom is -0.459 e. The largest absolute Gasteiger partial charge is 0.459 e. The minimum absolute atomic E-state index is 0.381. The fourth-order valence-electron chi connectivity index (χ4n) is 4.03. The molecule has 1 saturated heterocycles. The number of hydrogen-bond donors (Lipinski definition) is 0. The van der Waals surface area contributed by atoms with Crippen LogP contribution in [0.2, 0.25) is 0 Å². The predicted octanol–water partition coefficient (Wildman–Crippen LogP) is 5.27. The molecule has 1 radical (unpaired) electrons. The molecule has 3 aromatic rings. The van der Waals surface area contributed by atoms with Crippen molar-refractivity contribution in [2.24, 2.45) is 5.92 Å². The van der Waals surface area contributed by atoms with E-state index >= 15 is 0 Å². The number of piperidine rings is 1. The van der Waals surface area contributed by atoms with Crippen LogP contribution in [0.4, 0.5) is 0 Å². The Kier molecular flexibility index (Phi) is 3.99. The smallest absolute Gasteiger partial charge is 0.134 e. The lowest BCUT2D eigenvalue weighted by molar-refractivity contribution is 0.166. The van der Waals surface area contributed by atoms with Crippen molar-refractivity contribution < 1.29 is 4.42 Å². The summed E-state index contributed by atoms with van der Waals surface area (Å²) in [6.45, 7) is 4.85. The van der Waals surface area contributed by atoms with Gasteiger partial charge in [0.05, 0.1) is 0 Å². The lowest BCUT2D eigenvalue weighted by atomic mass is 9.70. The van der Waals surface area contributed by atoms with Gasteiger partial charge in [-0.3, -0.25) is 0 Å². The lowest BCUT2D eigenvalue weighted by Crippen LogP contribution is -2.48. The Balaban J connectivity index is 1.93. The number of para-hydroxylation sites is 1. The minimum atomic E-state index is -0.410. The van der Waals surface area contributed by atoms with Gasteiger partial charge in [-0.05, 0) is 42.9 Å². The summed E-state index contributed by atoms with van der Waals surface area (Å²) >= 11 is 0. The van der Waals surface area contributed by atoms with Crippen molar-refractivity contribution in [1.29, 1.82) is 0 Å². The van der Waals surface area contributed by atoms with Crippen molar-refractivity contribution in [3.63, 3.8) is 0 Å². The molecule has 2 heterocycles. The van der Waals surface area contributed by atoms with Gasteiger partial charge in [0.25, 0.3) is 0 Å². The highest BCUT2D eigenvalue weighted by atomic mass is 16.3. The van der Waals surface area contributed by atoms with Crippen LogP contribution in [0.25, 0.3) is 11.0 Å². The normalized spacial score (nSPS) is 24.1. The van der Waals surface area contributed by atoms with Crippen LogP contribution in [-0.4, -0.2) is 6.54 Å². The van der Waals surface area contributed by atoms with E-state index in [1.807, 2.05) is 18.2 Å². The van der Waals surface area contributed by atoms with Gasteiger partial charge in [-0.25, -0.2) is 5.32 Å². The second-order valence-electron chi connectivity index (χ2n) is 6.53. The summed E-state index contributed by atoms with van der Waals surface area (Å²) in [5.74, 6) is 1.34. The standard InChI is InChI=1S/C22H22NO/c1-2-9-18-13-8-15-23-22(18,19-11-4-3-5-12-19)21-16-17-10-6-7-14-20(17)24-21/h2-7,10-12,14,16,18H,1,8-9,13,15H2.